The van der Waals surface area contributed by atoms with Crippen LogP contribution in [-0.2, 0) is 4.79 Å². The molecule has 0 atom stereocenters. The van der Waals surface area contributed by atoms with Crippen molar-refractivity contribution in [3.63, 3.8) is 0 Å². The fourth-order valence-electron chi connectivity index (χ4n) is 4.19. The highest BCUT2D eigenvalue weighted by Gasteiger charge is 2.40. The number of carbonyl (C=O) groups is 1. The topological polar surface area (TPSA) is 36.0 Å². The van der Waals surface area contributed by atoms with Crippen molar-refractivity contribution < 1.29 is 9.53 Å². The van der Waals surface area contributed by atoms with Crippen LogP contribution in [0.25, 0.3) is 6.08 Å². The molecule has 5 nitrogen and oxygen atoms in total. The first-order valence-corrected chi connectivity index (χ1v) is 10.7. The van der Waals surface area contributed by atoms with E-state index in [1.54, 1.807) is 7.11 Å². The van der Waals surface area contributed by atoms with Gasteiger partial charge in [0.1, 0.15) is 11.4 Å². The summed E-state index contributed by atoms with van der Waals surface area (Å²) in [4.78, 5) is 19.1. The molecule has 152 valence electrons. The van der Waals surface area contributed by atoms with Gasteiger partial charge in [-0.15, -0.1) is 0 Å². The van der Waals surface area contributed by atoms with E-state index in [0.717, 1.165) is 42.9 Å². The number of likely N-dealkylation sites (N-methyl/N-ethyl adjacent to an activating group) is 1. The van der Waals surface area contributed by atoms with Crippen LogP contribution in [0.2, 0.25) is 0 Å². The Morgan fingerprint density at radius 3 is 2.50 bits per heavy atom. The average molecular weight is 402 g/mol. The summed E-state index contributed by atoms with van der Waals surface area (Å²) in [6, 6.07) is 6.37. The zero-order chi connectivity index (χ0) is 20.3. The minimum Gasteiger partial charge on any atom is -0.496 e. The highest BCUT2D eigenvalue weighted by atomic mass is 32.1. The van der Waals surface area contributed by atoms with Gasteiger partial charge in [0, 0.05) is 43.5 Å². The van der Waals surface area contributed by atoms with Crippen LogP contribution < -0.4 is 9.64 Å². The summed E-state index contributed by atoms with van der Waals surface area (Å²) in [6.07, 6.45) is 7.56. The highest BCUT2D eigenvalue weighted by Crippen LogP contribution is 2.33. The van der Waals surface area contributed by atoms with E-state index in [2.05, 4.69) is 24.8 Å². The van der Waals surface area contributed by atoms with Gasteiger partial charge in [-0.2, -0.15) is 0 Å². The maximum atomic E-state index is 13.2. The van der Waals surface area contributed by atoms with Crippen molar-refractivity contribution in [2.75, 3.05) is 32.1 Å². The smallest absolute Gasteiger partial charge is 0.277 e. The second-order valence-electron chi connectivity index (χ2n) is 7.44. The molecule has 6 heteroatoms. The van der Waals surface area contributed by atoms with E-state index < -0.39 is 0 Å². The lowest BCUT2D eigenvalue weighted by molar-refractivity contribution is -0.124. The van der Waals surface area contributed by atoms with E-state index in [-0.39, 0.29) is 11.9 Å². The quantitative estimate of drug-likeness (QED) is 0.525. The van der Waals surface area contributed by atoms with Gasteiger partial charge in [0.2, 0.25) is 0 Å². The molecule has 3 rings (SSSR count). The number of benzene rings is 1. The lowest BCUT2D eigenvalue weighted by Crippen LogP contribution is -2.41. The molecule has 0 N–H and O–H groups in total. The molecule has 1 aromatic rings. The summed E-state index contributed by atoms with van der Waals surface area (Å²) in [5, 5.41) is 0.613. The molecule has 1 saturated carbocycles. The second kappa shape index (κ2) is 8.95. The van der Waals surface area contributed by atoms with Crippen LogP contribution in [0.3, 0.4) is 0 Å². The van der Waals surface area contributed by atoms with Crippen molar-refractivity contribution in [3.05, 3.63) is 29.5 Å². The molecule has 2 aliphatic rings. The van der Waals surface area contributed by atoms with Gasteiger partial charge in [-0.25, -0.2) is 0 Å². The molecule has 0 spiro atoms. The molecule has 1 aliphatic carbocycles. The van der Waals surface area contributed by atoms with Crippen molar-refractivity contribution in [1.29, 1.82) is 0 Å². The Morgan fingerprint density at radius 2 is 1.89 bits per heavy atom. The molecule has 1 heterocycles. The second-order valence-corrected chi connectivity index (χ2v) is 7.80. The number of hydrogen-bond acceptors (Lipinski definition) is 4. The van der Waals surface area contributed by atoms with Crippen LogP contribution in [0, 0.1) is 0 Å². The van der Waals surface area contributed by atoms with E-state index in [1.807, 2.05) is 35.1 Å². The molecular formula is C22H31N3O2S. The highest BCUT2D eigenvalue weighted by molar-refractivity contribution is 7.80. The molecule has 1 amide bonds. The Balaban J connectivity index is 1.91. The van der Waals surface area contributed by atoms with Crippen molar-refractivity contribution in [2.24, 2.45) is 0 Å². The number of nitrogens with zero attached hydrogens (tertiary/aromatic N) is 3. The van der Waals surface area contributed by atoms with Crippen molar-refractivity contribution in [3.8, 4) is 5.75 Å². The Labute approximate surface area is 173 Å². The minimum atomic E-state index is 0.00859. The summed E-state index contributed by atoms with van der Waals surface area (Å²) >= 11 is 5.61. The lowest BCUT2D eigenvalue weighted by atomic mass is 9.94. The van der Waals surface area contributed by atoms with Crippen LogP contribution in [0.15, 0.2) is 23.9 Å². The predicted molar refractivity (Wildman–Crippen MR) is 119 cm³/mol. The number of anilines is 1. The van der Waals surface area contributed by atoms with E-state index in [0.29, 0.717) is 10.8 Å². The fraction of sp³-hybridized carbons (Fsp3) is 0.545. The number of thiocarbonyl (C=S) groups is 1. The molecule has 0 unspecified atom stereocenters. The molecular weight excluding hydrogens is 370 g/mol. The minimum absolute atomic E-state index is 0.00859. The Morgan fingerprint density at radius 1 is 1.21 bits per heavy atom. The van der Waals surface area contributed by atoms with Gasteiger partial charge < -0.3 is 14.5 Å². The first kappa shape index (κ1) is 20.6. The number of hydrogen-bond donors (Lipinski definition) is 0. The van der Waals surface area contributed by atoms with Crippen LogP contribution in [-0.4, -0.2) is 54.1 Å². The summed E-state index contributed by atoms with van der Waals surface area (Å²) in [5.74, 6) is 0.773. The SMILES string of the molecule is CCN(CC)c1ccc(/C=C2\C(=O)N(C3CCCCC3)C(=S)N2C)c(OC)c1. The number of amides is 1. The van der Waals surface area contributed by atoms with E-state index in [4.69, 9.17) is 17.0 Å². The standard InChI is InChI=1S/C22H31N3O2S/c1-5-24(6-2)18-13-12-16(20(15-18)27-4)14-19-21(26)25(22(28)23(19)3)17-10-8-7-9-11-17/h12-15,17H,5-11H2,1-4H3/b19-14+. The van der Waals surface area contributed by atoms with E-state index >= 15 is 0 Å². The van der Waals surface area contributed by atoms with Crippen molar-refractivity contribution in [1.82, 2.24) is 9.80 Å². The normalized spacial score (nSPS) is 19.6. The molecule has 1 aliphatic heterocycles. The first-order valence-electron chi connectivity index (χ1n) is 10.3. The Bertz CT molecular complexity index is 767. The van der Waals surface area contributed by atoms with Gasteiger partial charge in [-0.1, -0.05) is 19.3 Å². The zero-order valence-electron chi connectivity index (χ0n) is 17.4. The van der Waals surface area contributed by atoms with Gasteiger partial charge in [-0.3, -0.25) is 9.69 Å². The third-order valence-electron chi connectivity index (χ3n) is 5.87. The van der Waals surface area contributed by atoms with Crippen LogP contribution in [0.1, 0.15) is 51.5 Å². The zero-order valence-corrected chi connectivity index (χ0v) is 18.2. The molecule has 2 fully saturated rings. The molecule has 1 aromatic carbocycles. The van der Waals surface area contributed by atoms with Crippen LogP contribution in [0.5, 0.6) is 5.75 Å². The fourth-order valence-corrected chi connectivity index (χ4v) is 4.52. The molecule has 28 heavy (non-hydrogen) atoms. The van der Waals surface area contributed by atoms with E-state index in [1.165, 1.54) is 19.3 Å². The monoisotopic (exact) mass is 401 g/mol. The molecule has 0 radical (unpaired) electrons. The summed E-state index contributed by atoms with van der Waals surface area (Å²) in [7, 11) is 3.55. The lowest BCUT2D eigenvalue weighted by Gasteiger charge is -2.30. The van der Waals surface area contributed by atoms with Crippen molar-refractivity contribution >= 4 is 35.0 Å². The maximum absolute atomic E-state index is 13.2. The predicted octanol–water partition coefficient (Wildman–Crippen LogP) is 4.27. The van der Waals surface area contributed by atoms with Gasteiger partial charge >= 0.3 is 0 Å². The van der Waals surface area contributed by atoms with Gasteiger partial charge in [0.25, 0.3) is 5.91 Å². The Kier molecular flexibility index (Phi) is 6.60. The molecule has 0 bridgehead atoms. The van der Waals surface area contributed by atoms with E-state index in [9.17, 15) is 4.79 Å². The van der Waals surface area contributed by atoms with Gasteiger partial charge in [0.15, 0.2) is 5.11 Å². The summed E-state index contributed by atoms with van der Waals surface area (Å²) in [5.41, 5.74) is 2.63. The van der Waals surface area contributed by atoms with Crippen molar-refractivity contribution in [2.45, 2.75) is 52.0 Å². The summed E-state index contributed by atoms with van der Waals surface area (Å²) < 4.78 is 5.63. The number of carbonyl (C=O) groups excluding carboxylic acids is 1. The first-order chi connectivity index (χ1) is 13.5. The Hall–Kier alpha value is -2.08. The third-order valence-corrected chi connectivity index (χ3v) is 6.34. The number of ether oxygens (including phenoxy) is 1. The largest absolute Gasteiger partial charge is 0.496 e. The maximum Gasteiger partial charge on any atom is 0.277 e. The summed E-state index contributed by atoms with van der Waals surface area (Å²) in [6.45, 7) is 6.15. The molecule has 0 aromatic heterocycles. The van der Waals surface area contributed by atoms with Crippen LogP contribution >= 0.6 is 12.2 Å². The van der Waals surface area contributed by atoms with Gasteiger partial charge in [-0.05, 0) is 57.1 Å². The third kappa shape index (κ3) is 3.88. The van der Waals surface area contributed by atoms with Crippen LogP contribution in [0.4, 0.5) is 5.69 Å². The molecule has 1 saturated heterocycles. The van der Waals surface area contributed by atoms with Gasteiger partial charge in [0.05, 0.1) is 7.11 Å². The average Bonchev–Trinajstić information content (AvgIpc) is 2.93. The number of rotatable bonds is 6. The number of methoxy groups -OCH3 is 1.